The van der Waals surface area contributed by atoms with Crippen molar-refractivity contribution < 1.29 is 28.6 Å². The summed E-state index contributed by atoms with van der Waals surface area (Å²) in [5.74, 6) is -0.752. The van der Waals surface area contributed by atoms with E-state index in [4.69, 9.17) is 14.2 Å². The second-order valence-corrected chi connectivity index (χ2v) is 9.94. The zero-order chi connectivity index (χ0) is 27.9. The van der Waals surface area contributed by atoms with Gasteiger partial charge in [0, 0.05) is 10.5 Å². The molecule has 0 amide bonds. The highest BCUT2D eigenvalue weighted by atomic mass is 127. The van der Waals surface area contributed by atoms with Gasteiger partial charge in [0.15, 0.2) is 0 Å². The summed E-state index contributed by atoms with van der Waals surface area (Å²) in [5.41, 5.74) is 3.33. The van der Waals surface area contributed by atoms with Gasteiger partial charge in [0.05, 0.1) is 25.0 Å². The second kappa shape index (κ2) is 16.8. The number of carbonyl (C=O) groups is 3. The largest absolute Gasteiger partial charge is 0.466 e. The molecule has 0 heterocycles. The number of allylic oxidation sites excluding steroid dienone is 2. The van der Waals surface area contributed by atoms with Gasteiger partial charge < -0.3 is 14.2 Å². The molecule has 0 saturated heterocycles. The number of carbonyl (C=O) groups excluding carboxylic acids is 3. The molecule has 38 heavy (non-hydrogen) atoms. The van der Waals surface area contributed by atoms with Crippen LogP contribution in [0.5, 0.6) is 0 Å². The average molecular weight is 633 g/mol. The van der Waals surface area contributed by atoms with Crippen molar-refractivity contribution in [3.63, 3.8) is 0 Å². The molecule has 1 aliphatic carbocycles. The van der Waals surface area contributed by atoms with Gasteiger partial charge in [0.2, 0.25) is 0 Å². The van der Waals surface area contributed by atoms with Crippen LogP contribution in [0.3, 0.4) is 0 Å². The van der Waals surface area contributed by atoms with Crippen molar-refractivity contribution in [2.75, 3.05) is 19.8 Å². The van der Waals surface area contributed by atoms with E-state index in [1.165, 1.54) is 12.5 Å². The summed E-state index contributed by atoms with van der Waals surface area (Å²) in [5, 5.41) is 0. The molecule has 0 aliphatic heterocycles. The molecule has 1 aliphatic rings. The molecule has 0 spiro atoms. The summed E-state index contributed by atoms with van der Waals surface area (Å²) in [4.78, 5) is 34.8. The van der Waals surface area contributed by atoms with Gasteiger partial charge in [-0.25, -0.2) is 0 Å². The average Bonchev–Trinajstić information content (AvgIpc) is 2.91. The summed E-state index contributed by atoms with van der Waals surface area (Å²) in [7, 11) is 0. The fraction of sp³-hybridized carbons (Fsp3) is 0.387. The minimum Gasteiger partial charge on any atom is -0.466 e. The SMILES string of the molecule is C=CC1Cc2ccccc2C(C(=O)OCC)C1.CCOC(=O)C(C/C=C\COC(C)=O)c1ccccc1I. The van der Waals surface area contributed by atoms with E-state index in [0.29, 0.717) is 25.6 Å². The fourth-order valence-corrected chi connectivity index (χ4v) is 5.08. The first-order valence-corrected chi connectivity index (χ1v) is 14.0. The van der Waals surface area contributed by atoms with Crippen LogP contribution in [0.4, 0.5) is 0 Å². The van der Waals surface area contributed by atoms with Crippen molar-refractivity contribution >= 4 is 40.5 Å². The molecule has 0 bridgehead atoms. The van der Waals surface area contributed by atoms with Crippen molar-refractivity contribution in [1.29, 1.82) is 0 Å². The van der Waals surface area contributed by atoms with Gasteiger partial charge in [0.1, 0.15) is 6.61 Å². The molecular formula is C31H37IO6. The van der Waals surface area contributed by atoms with Gasteiger partial charge in [0.25, 0.3) is 0 Å². The Balaban J connectivity index is 0.000000272. The molecule has 0 aromatic heterocycles. The maximum atomic E-state index is 12.1. The zero-order valence-corrected chi connectivity index (χ0v) is 24.5. The van der Waals surface area contributed by atoms with Gasteiger partial charge >= 0.3 is 17.9 Å². The van der Waals surface area contributed by atoms with Crippen molar-refractivity contribution in [3.8, 4) is 0 Å². The van der Waals surface area contributed by atoms with E-state index in [1.807, 2.05) is 61.5 Å². The minimum atomic E-state index is -0.341. The number of halogens is 1. The number of hydrogen-bond donors (Lipinski definition) is 0. The lowest BCUT2D eigenvalue weighted by molar-refractivity contribution is -0.146. The van der Waals surface area contributed by atoms with Crippen LogP contribution in [0.15, 0.2) is 73.3 Å². The molecule has 0 fully saturated rings. The molecule has 204 valence electrons. The summed E-state index contributed by atoms with van der Waals surface area (Å²) in [6, 6.07) is 15.9. The Morgan fingerprint density at radius 1 is 1.00 bits per heavy atom. The highest BCUT2D eigenvalue weighted by molar-refractivity contribution is 14.1. The van der Waals surface area contributed by atoms with Crippen LogP contribution in [0, 0.1) is 9.49 Å². The monoisotopic (exact) mass is 632 g/mol. The van der Waals surface area contributed by atoms with Crippen LogP contribution < -0.4 is 0 Å². The van der Waals surface area contributed by atoms with E-state index in [9.17, 15) is 14.4 Å². The fourth-order valence-electron chi connectivity index (χ4n) is 4.32. The number of hydrogen-bond acceptors (Lipinski definition) is 6. The molecular weight excluding hydrogens is 595 g/mol. The van der Waals surface area contributed by atoms with E-state index in [1.54, 1.807) is 13.0 Å². The highest BCUT2D eigenvalue weighted by Gasteiger charge is 2.31. The Kier molecular flexibility index (Phi) is 13.8. The summed E-state index contributed by atoms with van der Waals surface area (Å²) >= 11 is 2.21. The standard InChI is InChI=1S/C16H19IO4.C15H18O2/c1-3-20-16(19)14(9-6-7-11-21-12(2)18)13-8-4-5-10-15(13)17;1-3-11-9-12-7-5-6-8-13(12)14(10-11)15(16)17-4-2/h4-8,10,14H,3,9,11H2,1-2H3;3,5-8,11,14H,1,4,9-10H2,2H3/b7-6-;. The molecule has 2 aromatic carbocycles. The topological polar surface area (TPSA) is 78.9 Å². The zero-order valence-electron chi connectivity index (χ0n) is 22.4. The molecule has 0 saturated carbocycles. The lowest BCUT2D eigenvalue weighted by Crippen LogP contribution is -2.25. The minimum absolute atomic E-state index is 0.105. The number of ether oxygens (including phenoxy) is 3. The molecule has 3 unspecified atom stereocenters. The van der Waals surface area contributed by atoms with E-state index in [-0.39, 0.29) is 36.4 Å². The van der Waals surface area contributed by atoms with Crippen LogP contribution in [0.1, 0.15) is 62.1 Å². The van der Waals surface area contributed by atoms with Gasteiger partial charge in [-0.2, -0.15) is 0 Å². The Hall–Kier alpha value is -2.94. The van der Waals surface area contributed by atoms with Gasteiger partial charge in [-0.3, -0.25) is 14.4 Å². The third-order valence-corrected chi connectivity index (χ3v) is 7.11. The number of benzene rings is 2. The molecule has 3 rings (SSSR count). The molecule has 0 radical (unpaired) electrons. The van der Waals surface area contributed by atoms with Gasteiger partial charge in [-0.15, -0.1) is 6.58 Å². The van der Waals surface area contributed by atoms with E-state index in [0.717, 1.165) is 27.5 Å². The summed E-state index contributed by atoms with van der Waals surface area (Å²) in [6.45, 7) is 9.86. The van der Waals surface area contributed by atoms with Gasteiger partial charge in [-0.1, -0.05) is 60.7 Å². The maximum Gasteiger partial charge on any atom is 0.313 e. The van der Waals surface area contributed by atoms with Crippen molar-refractivity contribution in [1.82, 2.24) is 0 Å². The summed E-state index contributed by atoms with van der Waals surface area (Å²) < 4.78 is 16.2. The number of esters is 3. The Morgan fingerprint density at radius 2 is 1.68 bits per heavy atom. The Labute approximate surface area is 239 Å². The normalized spacial score (nSPS) is 16.8. The van der Waals surface area contributed by atoms with Crippen LogP contribution in [0.2, 0.25) is 0 Å². The van der Waals surface area contributed by atoms with Crippen molar-refractivity contribution in [3.05, 3.63) is 93.6 Å². The van der Waals surface area contributed by atoms with Crippen LogP contribution in [0.25, 0.3) is 0 Å². The number of rotatable bonds is 10. The molecule has 0 N–H and O–H groups in total. The molecule has 2 aromatic rings. The second-order valence-electron chi connectivity index (χ2n) is 8.77. The third kappa shape index (κ3) is 9.74. The van der Waals surface area contributed by atoms with Crippen molar-refractivity contribution in [2.24, 2.45) is 5.92 Å². The smallest absolute Gasteiger partial charge is 0.313 e. The summed E-state index contributed by atoms with van der Waals surface area (Å²) in [6.07, 6.45) is 7.84. The number of fused-ring (bicyclic) bond motifs is 1. The lowest BCUT2D eigenvalue weighted by Gasteiger charge is -2.28. The van der Waals surface area contributed by atoms with E-state index < -0.39 is 0 Å². The molecule has 3 atom stereocenters. The van der Waals surface area contributed by atoms with Crippen LogP contribution in [-0.4, -0.2) is 37.7 Å². The predicted octanol–water partition coefficient (Wildman–Crippen LogP) is 6.53. The lowest BCUT2D eigenvalue weighted by atomic mass is 9.77. The van der Waals surface area contributed by atoms with E-state index in [2.05, 4.69) is 35.2 Å². The highest BCUT2D eigenvalue weighted by Crippen LogP contribution is 2.36. The van der Waals surface area contributed by atoms with Crippen molar-refractivity contribution in [2.45, 2.75) is 51.9 Å². The molecule has 7 heteroatoms. The first-order valence-electron chi connectivity index (χ1n) is 12.9. The first-order chi connectivity index (χ1) is 18.3. The predicted molar refractivity (Wildman–Crippen MR) is 157 cm³/mol. The van der Waals surface area contributed by atoms with Crippen LogP contribution >= 0.6 is 22.6 Å². The quantitative estimate of drug-likeness (QED) is 0.128. The third-order valence-electron chi connectivity index (χ3n) is 6.13. The van der Waals surface area contributed by atoms with Crippen LogP contribution in [-0.2, 0) is 35.0 Å². The Morgan fingerprint density at radius 3 is 2.34 bits per heavy atom. The van der Waals surface area contributed by atoms with Gasteiger partial charge in [-0.05, 0) is 84.4 Å². The maximum absolute atomic E-state index is 12.1. The first kappa shape index (κ1) is 31.3. The van der Waals surface area contributed by atoms with E-state index >= 15 is 0 Å². The molecule has 6 nitrogen and oxygen atoms in total. The Bertz CT molecular complexity index is 1110.